The minimum atomic E-state index is -4.56. The van der Waals surface area contributed by atoms with Crippen LogP contribution in [0.5, 0.6) is 5.88 Å². The molecule has 2 fully saturated rings. The summed E-state index contributed by atoms with van der Waals surface area (Å²) in [5.74, 6) is -0.982. The lowest BCUT2D eigenvalue weighted by Crippen LogP contribution is -2.54. The summed E-state index contributed by atoms with van der Waals surface area (Å²) in [5.41, 5.74) is 2.52. The molecule has 3 aliphatic rings. The largest absolute Gasteiger partial charge is 0.468 e. The number of aryl methyl sites for hydroxylation is 2. The fourth-order valence-electron chi connectivity index (χ4n) is 4.94. The van der Waals surface area contributed by atoms with E-state index in [-0.39, 0.29) is 12.0 Å². The summed E-state index contributed by atoms with van der Waals surface area (Å²) in [6.07, 6.45) is -3.87. The number of rotatable bonds is 3. The molecule has 3 heterocycles. The Bertz CT molecular complexity index is 1010. The van der Waals surface area contributed by atoms with Gasteiger partial charge in [0.25, 0.3) is 0 Å². The second-order valence-electron chi connectivity index (χ2n) is 9.15. The zero-order valence-corrected chi connectivity index (χ0v) is 18.2. The van der Waals surface area contributed by atoms with Gasteiger partial charge in [-0.05, 0) is 62.8 Å². The van der Waals surface area contributed by atoms with Crippen molar-refractivity contribution in [1.82, 2.24) is 4.98 Å². The van der Waals surface area contributed by atoms with Crippen LogP contribution in [0.1, 0.15) is 55.7 Å². The predicted octanol–water partition coefficient (Wildman–Crippen LogP) is 5.02. The Balaban J connectivity index is 1.52. The minimum Gasteiger partial charge on any atom is -0.468 e. The maximum absolute atomic E-state index is 13.2. The van der Waals surface area contributed by atoms with Crippen LogP contribution in [0.3, 0.4) is 0 Å². The van der Waals surface area contributed by atoms with Gasteiger partial charge in [0.05, 0.1) is 6.10 Å². The first-order chi connectivity index (χ1) is 15.1. The normalized spacial score (nSPS) is 31.2. The van der Waals surface area contributed by atoms with Gasteiger partial charge in [-0.25, -0.2) is 4.98 Å². The van der Waals surface area contributed by atoms with Crippen molar-refractivity contribution in [3.05, 3.63) is 58.8 Å². The van der Waals surface area contributed by atoms with Crippen molar-refractivity contribution in [1.29, 1.82) is 0 Å². The highest BCUT2D eigenvalue weighted by Crippen LogP contribution is 2.44. The van der Waals surface area contributed by atoms with Crippen LogP contribution in [0.2, 0.25) is 0 Å². The van der Waals surface area contributed by atoms with E-state index in [2.05, 4.69) is 17.1 Å². The lowest BCUT2D eigenvalue weighted by atomic mass is 9.90. The van der Waals surface area contributed by atoms with Crippen LogP contribution in [-0.2, 0) is 33.2 Å². The lowest BCUT2D eigenvalue weighted by molar-refractivity contribution is -0.177. The first-order valence-electron chi connectivity index (χ1n) is 10.9. The summed E-state index contributed by atoms with van der Waals surface area (Å²) in [7, 11) is 0. The molecule has 2 aromatic rings. The quantitative estimate of drug-likeness (QED) is 0.659. The fraction of sp³-hybridized carbons (Fsp3) is 0.542. The third kappa shape index (κ3) is 4.00. The van der Waals surface area contributed by atoms with E-state index in [1.165, 1.54) is 23.3 Å². The van der Waals surface area contributed by atoms with Gasteiger partial charge in [-0.1, -0.05) is 24.3 Å². The monoisotopic (exact) mass is 449 g/mol. The van der Waals surface area contributed by atoms with Crippen molar-refractivity contribution in [3.8, 4) is 5.88 Å². The molecule has 0 N–H and O–H groups in total. The fourth-order valence-corrected chi connectivity index (χ4v) is 4.94. The third-order valence-electron chi connectivity index (χ3n) is 6.33. The van der Waals surface area contributed by atoms with Gasteiger partial charge in [-0.3, -0.25) is 0 Å². The molecule has 0 amide bonds. The number of hydrogen-bond donors (Lipinski definition) is 0. The lowest BCUT2D eigenvalue weighted by Gasteiger charge is -2.41. The maximum atomic E-state index is 13.2. The molecule has 0 saturated carbocycles. The van der Waals surface area contributed by atoms with E-state index in [1.807, 2.05) is 26.8 Å². The van der Waals surface area contributed by atoms with Crippen LogP contribution in [0, 0.1) is 0 Å². The molecule has 0 spiro atoms. The molecular weight excluding hydrogens is 423 g/mol. The van der Waals surface area contributed by atoms with Crippen molar-refractivity contribution in [2.75, 3.05) is 0 Å². The number of nitrogens with zero attached hydrogens (tertiary/aromatic N) is 1. The summed E-state index contributed by atoms with van der Waals surface area (Å²) < 4.78 is 64.2. The molecular formula is C24H26F3NO4. The standard InChI is InChI=1S/C24H26F3NO4/c1-13-19-22(32-23(2,3)31-19)21(30-18-9-5-8-17(28-18)24(25,26)27)20(29-13)16-11-10-14-6-4-7-15(14)12-16/h5,8-13,19-22H,4,6-7H2,1-3H3/t13-,19+,20-,21+,22+/m1/s1. The first-order valence-corrected chi connectivity index (χ1v) is 10.9. The zero-order chi connectivity index (χ0) is 22.7. The average Bonchev–Trinajstić information content (AvgIpc) is 3.32. The summed E-state index contributed by atoms with van der Waals surface area (Å²) in [6.45, 7) is 5.53. The first kappa shape index (κ1) is 21.7. The SMILES string of the molecule is C[C@H]1O[C@H](c2ccc3c(c2)CCC3)[C@H](Oc2cccc(C(F)(F)F)n2)[C@H]2OC(C)(C)O[C@H]21. The Morgan fingerprint density at radius 3 is 2.56 bits per heavy atom. The van der Waals surface area contributed by atoms with Gasteiger partial charge in [0, 0.05) is 6.07 Å². The summed E-state index contributed by atoms with van der Waals surface area (Å²) in [4.78, 5) is 3.69. The van der Waals surface area contributed by atoms with Gasteiger partial charge in [0.1, 0.15) is 24.0 Å². The highest BCUT2D eigenvalue weighted by Gasteiger charge is 2.55. The van der Waals surface area contributed by atoms with E-state index >= 15 is 0 Å². The number of alkyl halides is 3. The van der Waals surface area contributed by atoms with E-state index in [1.54, 1.807) is 0 Å². The highest BCUT2D eigenvalue weighted by molar-refractivity contribution is 5.37. The molecule has 1 aromatic carbocycles. The second-order valence-corrected chi connectivity index (χ2v) is 9.15. The molecule has 5 rings (SSSR count). The van der Waals surface area contributed by atoms with Crippen LogP contribution >= 0.6 is 0 Å². The molecule has 8 heteroatoms. The molecule has 1 aromatic heterocycles. The van der Waals surface area contributed by atoms with Crippen LogP contribution < -0.4 is 4.74 Å². The molecule has 0 bridgehead atoms. The van der Waals surface area contributed by atoms with Crippen LogP contribution in [0.15, 0.2) is 36.4 Å². The topological polar surface area (TPSA) is 49.8 Å². The van der Waals surface area contributed by atoms with Gasteiger partial charge < -0.3 is 18.9 Å². The highest BCUT2D eigenvalue weighted by atomic mass is 19.4. The van der Waals surface area contributed by atoms with Gasteiger partial charge in [0.2, 0.25) is 5.88 Å². The van der Waals surface area contributed by atoms with Gasteiger partial charge in [0.15, 0.2) is 11.9 Å². The number of hydrogen-bond acceptors (Lipinski definition) is 5. The number of fused-ring (bicyclic) bond motifs is 2. The van der Waals surface area contributed by atoms with Crippen molar-refractivity contribution in [3.63, 3.8) is 0 Å². The van der Waals surface area contributed by atoms with Crippen molar-refractivity contribution in [2.45, 2.75) is 82.5 Å². The Kier molecular flexibility index (Phi) is 5.22. The second kappa shape index (κ2) is 7.71. The van der Waals surface area contributed by atoms with Crippen LogP contribution in [0.25, 0.3) is 0 Å². The molecule has 32 heavy (non-hydrogen) atoms. The molecule has 2 saturated heterocycles. The molecule has 5 nitrogen and oxygen atoms in total. The Morgan fingerprint density at radius 1 is 1.03 bits per heavy atom. The van der Waals surface area contributed by atoms with E-state index in [0.29, 0.717) is 0 Å². The summed E-state index contributed by atoms with van der Waals surface area (Å²) in [5, 5.41) is 0. The van der Waals surface area contributed by atoms with Crippen LogP contribution in [0.4, 0.5) is 13.2 Å². The average molecular weight is 449 g/mol. The number of pyridine rings is 1. The maximum Gasteiger partial charge on any atom is 0.433 e. The minimum absolute atomic E-state index is 0.124. The molecule has 172 valence electrons. The molecule has 0 radical (unpaired) electrons. The number of benzene rings is 1. The third-order valence-corrected chi connectivity index (χ3v) is 6.33. The Hall–Kier alpha value is -2.16. The number of aromatic nitrogens is 1. The van der Waals surface area contributed by atoms with E-state index in [4.69, 9.17) is 18.9 Å². The smallest absolute Gasteiger partial charge is 0.433 e. The predicted molar refractivity (Wildman–Crippen MR) is 109 cm³/mol. The molecule has 0 unspecified atom stereocenters. The van der Waals surface area contributed by atoms with E-state index in [0.717, 1.165) is 30.9 Å². The molecule has 1 aliphatic carbocycles. The summed E-state index contributed by atoms with van der Waals surface area (Å²) >= 11 is 0. The molecule has 2 aliphatic heterocycles. The van der Waals surface area contributed by atoms with Gasteiger partial charge >= 0.3 is 6.18 Å². The van der Waals surface area contributed by atoms with Gasteiger partial charge in [-0.15, -0.1) is 0 Å². The van der Waals surface area contributed by atoms with Crippen molar-refractivity contribution < 1.29 is 32.1 Å². The van der Waals surface area contributed by atoms with E-state index in [9.17, 15) is 13.2 Å². The molecule has 5 atom stereocenters. The van der Waals surface area contributed by atoms with Crippen LogP contribution in [-0.4, -0.2) is 35.2 Å². The van der Waals surface area contributed by atoms with E-state index < -0.39 is 42.1 Å². The Morgan fingerprint density at radius 2 is 1.78 bits per heavy atom. The van der Waals surface area contributed by atoms with Crippen molar-refractivity contribution >= 4 is 0 Å². The summed E-state index contributed by atoms with van der Waals surface area (Å²) in [6, 6.07) is 9.87. The number of ether oxygens (including phenoxy) is 4. The Labute approximate surface area is 184 Å². The van der Waals surface area contributed by atoms with Gasteiger partial charge in [-0.2, -0.15) is 13.2 Å². The van der Waals surface area contributed by atoms with Crippen molar-refractivity contribution in [2.24, 2.45) is 0 Å². The number of halogens is 3. The zero-order valence-electron chi connectivity index (χ0n) is 18.2.